The van der Waals surface area contributed by atoms with E-state index >= 15 is 0 Å². The maximum Gasteiger partial charge on any atom is 0.182 e. The molecule has 0 aliphatic heterocycles. The van der Waals surface area contributed by atoms with Gasteiger partial charge in [-0.15, -0.1) is 0 Å². The van der Waals surface area contributed by atoms with Crippen molar-refractivity contribution in [1.29, 1.82) is 0 Å². The van der Waals surface area contributed by atoms with Gasteiger partial charge in [0.2, 0.25) is 0 Å². The monoisotopic (exact) mass is 336 g/mol. The number of nitrogens with zero attached hydrogens (tertiary/aromatic N) is 1. The van der Waals surface area contributed by atoms with Crippen molar-refractivity contribution in [2.45, 2.75) is 0 Å². The van der Waals surface area contributed by atoms with Crippen LogP contribution in [0.4, 0.5) is 24.7 Å². The number of aromatic nitrogens is 1. The highest BCUT2D eigenvalue weighted by molar-refractivity contribution is 9.10. The fourth-order valence-corrected chi connectivity index (χ4v) is 2.02. The minimum absolute atomic E-state index is 0.198. The lowest BCUT2D eigenvalue weighted by molar-refractivity contribution is 0.498. The molecule has 0 spiro atoms. The van der Waals surface area contributed by atoms with Crippen LogP contribution >= 0.6 is 27.5 Å². The van der Waals surface area contributed by atoms with Crippen molar-refractivity contribution < 1.29 is 13.2 Å². The van der Waals surface area contributed by atoms with E-state index in [0.717, 1.165) is 6.07 Å². The maximum absolute atomic E-state index is 13.4. The Morgan fingerprint density at radius 3 is 2.56 bits per heavy atom. The number of pyridine rings is 1. The van der Waals surface area contributed by atoms with Crippen molar-refractivity contribution in [3.8, 4) is 0 Å². The van der Waals surface area contributed by atoms with Crippen LogP contribution in [-0.4, -0.2) is 4.98 Å². The van der Waals surface area contributed by atoms with Crippen LogP contribution in [0.3, 0.4) is 0 Å². The van der Waals surface area contributed by atoms with Crippen molar-refractivity contribution in [2.24, 2.45) is 0 Å². The van der Waals surface area contributed by atoms with Crippen LogP contribution in [-0.2, 0) is 0 Å². The van der Waals surface area contributed by atoms with E-state index in [1.54, 1.807) is 0 Å². The van der Waals surface area contributed by atoms with Gasteiger partial charge in [0, 0.05) is 18.3 Å². The van der Waals surface area contributed by atoms with Crippen LogP contribution in [0.1, 0.15) is 0 Å². The van der Waals surface area contributed by atoms with Crippen LogP contribution in [0.15, 0.2) is 28.9 Å². The average molecular weight is 338 g/mol. The number of benzene rings is 1. The van der Waals surface area contributed by atoms with Crippen molar-refractivity contribution in [2.75, 3.05) is 5.32 Å². The molecule has 18 heavy (non-hydrogen) atoms. The molecule has 0 amide bonds. The van der Waals surface area contributed by atoms with E-state index in [1.165, 1.54) is 12.3 Å². The van der Waals surface area contributed by atoms with Crippen LogP contribution in [0.25, 0.3) is 0 Å². The number of nitrogens with one attached hydrogen (secondary N) is 1. The quantitative estimate of drug-likeness (QED) is 0.806. The Labute approximate surface area is 114 Å². The van der Waals surface area contributed by atoms with E-state index in [4.69, 9.17) is 11.6 Å². The van der Waals surface area contributed by atoms with E-state index in [-0.39, 0.29) is 11.5 Å². The van der Waals surface area contributed by atoms with Gasteiger partial charge in [-0.05, 0) is 22.0 Å². The lowest BCUT2D eigenvalue weighted by Gasteiger charge is -2.09. The summed E-state index contributed by atoms with van der Waals surface area (Å²) in [5, 5.41) is 2.85. The summed E-state index contributed by atoms with van der Waals surface area (Å²) in [7, 11) is 0. The van der Waals surface area contributed by atoms with Crippen molar-refractivity contribution in [1.82, 2.24) is 4.98 Å². The third-order valence-electron chi connectivity index (χ3n) is 2.05. The zero-order chi connectivity index (χ0) is 13.3. The predicted molar refractivity (Wildman–Crippen MR) is 66.5 cm³/mol. The van der Waals surface area contributed by atoms with Gasteiger partial charge in [0.25, 0.3) is 0 Å². The van der Waals surface area contributed by atoms with Crippen molar-refractivity contribution in [3.05, 3.63) is 51.3 Å². The first-order valence-electron chi connectivity index (χ1n) is 4.70. The molecule has 0 bridgehead atoms. The summed E-state index contributed by atoms with van der Waals surface area (Å²) in [5.41, 5.74) is -0.344. The zero-order valence-corrected chi connectivity index (χ0v) is 11.0. The minimum atomic E-state index is -1.28. The Balaban J connectivity index is 2.40. The number of rotatable bonds is 2. The van der Waals surface area contributed by atoms with E-state index in [0.29, 0.717) is 15.6 Å². The summed E-state index contributed by atoms with van der Waals surface area (Å²) in [4.78, 5) is 3.87. The smallest absolute Gasteiger partial charge is 0.182 e. The van der Waals surface area contributed by atoms with Gasteiger partial charge < -0.3 is 5.32 Å². The number of hydrogen-bond acceptors (Lipinski definition) is 2. The first-order valence-corrected chi connectivity index (χ1v) is 5.87. The molecule has 94 valence electrons. The summed E-state index contributed by atoms with van der Waals surface area (Å²) < 4.78 is 39.8. The van der Waals surface area contributed by atoms with Gasteiger partial charge in [-0.25, -0.2) is 18.2 Å². The van der Waals surface area contributed by atoms with Gasteiger partial charge in [-0.2, -0.15) is 0 Å². The average Bonchev–Trinajstić information content (AvgIpc) is 2.29. The molecular formula is C11H5BrClF3N2. The predicted octanol–water partition coefficient (Wildman–Crippen LogP) is 4.66. The fraction of sp³-hybridized carbons (Fsp3) is 0. The van der Waals surface area contributed by atoms with E-state index in [2.05, 4.69) is 26.2 Å². The molecule has 2 aromatic rings. The van der Waals surface area contributed by atoms with Crippen LogP contribution in [0.5, 0.6) is 0 Å². The summed E-state index contributed by atoms with van der Waals surface area (Å²) >= 11 is 8.83. The molecule has 0 fully saturated rings. The van der Waals surface area contributed by atoms with Crippen molar-refractivity contribution in [3.63, 3.8) is 0 Å². The highest BCUT2D eigenvalue weighted by atomic mass is 79.9. The normalized spacial score (nSPS) is 10.5. The lowest BCUT2D eigenvalue weighted by Crippen LogP contribution is -2.00. The summed E-state index contributed by atoms with van der Waals surface area (Å²) in [6.07, 6.45) is 1.32. The van der Waals surface area contributed by atoms with E-state index in [9.17, 15) is 13.2 Å². The van der Waals surface area contributed by atoms with Gasteiger partial charge in [0.15, 0.2) is 11.6 Å². The van der Waals surface area contributed by atoms with Gasteiger partial charge in [0.1, 0.15) is 11.6 Å². The highest BCUT2D eigenvalue weighted by Crippen LogP contribution is 2.28. The molecule has 2 nitrogen and oxygen atoms in total. The Hall–Kier alpha value is -1.27. The molecular weight excluding hydrogens is 332 g/mol. The van der Waals surface area contributed by atoms with Gasteiger partial charge >= 0.3 is 0 Å². The molecule has 1 N–H and O–H groups in total. The SMILES string of the molecule is Fc1cc(F)c(F)c(Nc2ncc(Cl)cc2Br)c1. The number of anilines is 2. The lowest BCUT2D eigenvalue weighted by atomic mass is 10.2. The van der Waals surface area contributed by atoms with Crippen molar-refractivity contribution >= 4 is 39.0 Å². The largest absolute Gasteiger partial charge is 0.337 e. The van der Waals surface area contributed by atoms with E-state index < -0.39 is 17.5 Å². The molecule has 0 aliphatic carbocycles. The van der Waals surface area contributed by atoms with E-state index in [1.807, 2.05) is 0 Å². The van der Waals surface area contributed by atoms with Gasteiger partial charge in [-0.3, -0.25) is 0 Å². The van der Waals surface area contributed by atoms with Crippen LogP contribution in [0, 0.1) is 17.5 Å². The molecule has 0 atom stereocenters. The molecule has 2 rings (SSSR count). The third-order valence-corrected chi connectivity index (χ3v) is 2.87. The molecule has 0 saturated heterocycles. The fourth-order valence-electron chi connectivity index (χ4n) is 1.28. The molecule has 0 unspecified atom stereocenters. The Kier molecular flexibility index (Phi) is 3.77. The topological polar surface area (TPSA) is 24.9 Å². The Morgan fingerprint density at radius 1 is 1.17 bits per heavy atom. The number of hydrogen-bond donors (Lipinski definition) is 1. The molecule has 0 saturated carbocycles. The minimum Gasteiger partial charge on any atom is -0.337 e. The second-order valence-electron chi connectivity index (χ2n) is 3.36. The maximum atomic E-state index is 13.4. The second kappa shape index (κ2) is 5.16. The summed E-state index contributed by atoms with van der Waals surface area (Å²) in [5.74, 6) is -3.15. The van der Waals surface area contributed by atoms with Crippen LogP contribution in [0.2, 0.25) is 5.02 Å². The molecule has 0 aliphatic rings. The number of halogens is 5. The molecule has 7 heteroatoms. The first-order chi connectivity index (χ1) is 8.47. The summed E-state index contributed by atoms with van der Waals surface area (Å²) in [6, 6.07) is 2.82. The zero-order valence-electron chi connectivity index (χ0n) is 8.65. The molecule has 1 heterocycles. The standard InChI is InChI=1S/C11H5BrClF3N2/c12-7-1-5(13)4-17-11(7)18-9-3-6(14)2-8(15)10(9)16/h1-4H,(H,17,18). The third kappa shape index (κ3) is 2.76. The second-order valence-corrected chi connectivity index (χ2v) is 4.65. The highest BCUT2D eigenvalue weighted by Gasteiger charge is 2.13. The Bertz CT molecular complexity index is 607. The molecule has 0 radical (unpaired) electrons. The van der Waals surface area contributed by atoms with Crippen LogP contribution < -0.4 is 5.32 Å². The Morgan fingerprint density at radius 2 is 1.89 bits per heavy atom. The molecule has 1 aromatic heterocycles. The van der Waals surface area contributed by atoms with Gasteiger partial charge in [-0.1, -0.05) is 11.6 Å². The first kappa shape index (κ1) is 13.2. The molecule has 1 aromatic carbocycles. The van der Waals surface area contributed by atoms with Gasteiger partial charge in [0.05, 0.1) is 15.2 Å². The summed E-state index contributed by atoms with van der Waals surface area (Å²) in [6.45, 7) is 0.